The molecule has 24 heavy (non-hydrogen) atoms. The number of aryl methyl sites for hydroxylation is 1. The van der Waals surface area contributed by atoms with E-state index in [0.29, 0.717) is 23.6 Å². The van der Waals surface area contributed by atoms with Crippen LogP contribution in [0, 0.1) is 6.92 Å². The minimum absolute atomic E-state index is 0.0897. The molecule has 1 aromatic heterocycles. The van der Waals surface area contributed by atoms with Gasteiger partial charge in [0.2, 0.25) is 0 Å². The summed E-state index contributed by atoms with van der Waals surface area (Å²) in [6.45, 7) is 5.21. The average Bonchev–Trinajstić information content (AvgIpc) is 3.19. The topological polar surface area (TPSA) is 56.1 Å². The summed E-state index contributed by atoms with van der Waals surface area (Å²) >= 11 is 6.09. The highest BCUT2D eigenvalue weighted by Crippen LogP contribution is 2.22. The lowest BCUT2D eigenvalue weighted by molar-refractivity contribution is 0.0856. The van der Waals surface area contributed by atoms with Crippen molar-refractivity contribution in [1.82, 2.24) is 15.1 Å². The minimum atomic E-state index is -0.0897. The zero-order chi connectivity index (χ0) is 17.1. The highest BCUT2D eigenvalue weighted by Gasteiger charge is 2.23. The Kier molecular flexibility index (Phi) is 5.21. The van der Waals surface area contributed by atoms with Crippen molar-refractivity contribution < 1.29 is 9.53 Å². The van der Waals surface area contributed by atoms with E-state index in [1.54, 1.807) is 0 Å². The predicted molar refractivity (Wildman–Crippen MR) is 94.0 cm³/mol. The van der Waals surface area contributed by atoms with Gasteiger partial charge in [-0.05, 0) is 44.4 Å². The maximum absolute atomic E-state index is 12.7. The summed E-state index contributed by atoms with van der Waals surface area (Å²) in [6.07, 6.45) is 2.90. The Balaban J connectivity index is 1.86. The van der Waals surface area contributed by atoms with Crippen molar-refractivity contribution in [2.75, 3.05) is 13.2 Å². The third-order valence-corrected chi connectivity index (χ3v) is 4.52. The Hall–Kier alpha value is -1.85. The molecule has 1 unspecified atom stereocenters. The van der Waals surface area contributed by atoms with Gasteiger partial charge in [0.15, 0.2) is 0 Å². The third-order valence-electron chi connectivity index (χ3n) is 4.29. The Labute approximate surface area is 147 Å². The lowest BCUT2D eigenvalue weighted by atomic mass is 10.1. The summed E-state index contributed by atoms with van der Waals surface area (Å²) in [6, 6.07) is 7.49. The molecule has 1 N–H and O–H groups in total. The zero-order valence-electron chi connectivity index (χ0n) is 14.0. The second-order valence-corrected chi connectivity index (χ2v) is 6.43. The van der Waals surface area contributed by atoms with Crippen LogP contribution in [0.4, 0.5) is 0 Å². The maximum atomic E-state index is 12.7. The SMILES string of the molecule is CCc1c(C(=O)NCC2CCCO2)c(C)nn1-c1cccc(Cl)c1. The first-order chi connectivity index (χ1) is 11.6. The maximum Gasteiger partial charge on any atom is 0.255 e. The zero-order valence-corrected chi connectivity index (χ0v) is 14.8. The highest BCUT2D eigenvalue weighted by molar-refractivity contribution is 6.30. The standard InChI is InChI=1S/C18H22ClN3O2/c1-3-16-17(18(23)20-11-15-8-5-9-24-15)12(2)21-22(16)14-7-4-6-13(19)10-14/h4,6-7,10,15H,3,5,8-9,11H2,1-2H3,(H,20,23). The first-order valence-electron chi connectivity index (χ1n) is 8.34. The number of ether oxygens (including phenoxy) is 1. The van der Waals surface area contributed by atoms with E-state index in [9.17, 15) is 4.79 Å². The smallest absolute Gasteiger partial charge is 0.255 e. The van der Waals surface area contributed by atoms with Crippen LogP contribution in [0.25, 0.3) is 5.69 Å². The number of nitrogens with zero attached hydrogens (tertiary/aromatic N) is 2. The number of carbonyl (C=O) groups is 1. The van der Waals surface area contributed by atoms with Gasteiger partial charge in [0.25, 0.3) is 5.91 Å². The van der Waals surface area contributed by atoms with Crippen LogP contribution in [-0.2, 0) is 11.2 Å². The van der Waals surface area contributed by atoms with Crippen LogP contribution in [0.3, 0.4) is 0 Å². The molecule has 0 aliphatic carbocycles. The Morgan fingerprint density at radius 2 is 2.33 bits per heavy atom. The van der Waals surface area contributed by atoms with E-state index in [-0.39, 0.29) is 12.0 Å². The predicted octanol–water partition coefficient (Wildman–Crippen LogP) is 3.31. The van der Waals surface area contributed by atoms with Crippen LogP contribution in [0.5, 0.6) is 0 Å². The van der Waals surface area contributed by atoms with Crippen molar-refractivity contribution in [1.29, 1.82) is 0 Å². The van der Waals surface area contributed by atoms with Gasteiger partial charge in [-0.15, -0.1) is 0 Å². The van der Waals surface area contributed by atoms with Crippen molar-refractivity contribution in [3.63, 3.8) is 0 Å². The largest absolute Gasteiger partial charge is 0.376 e. The van der Waals surface area contributed by atoms with E-state index in [2.05, 4.69) is 10.4 Å². The number of hydrogen-bond acceptors (Lipinski definition) is 3. The second kappa shape index (κ2) is 7.36. The van der Waals surface area contributed by atoms with E-state index >= 15 is 0 Å². The molecule has 0 bridgehead atoms. The van der Waals surface area contributed by atoms with Gasteiger partial charge in [0.1, 0.15) is 0 Å². The summed E-state index contributed by atoms with van der Waals surface area (Å²) in [7, 11) is 0. The lowest BCUT2D eigenvalue weighted by Crippen LogP contribution is -2.32. The molecule has 3 rings (SSSR count). The molecule has 1 fully saturated rings. The first kappa shape index (κ1) is 17.0. The fourth-order valence-electron chi connectivity index (χ4n) is 3.12. The Morgan fingerprint density at radius 3 is 3.00 bits per heavy atom. The van der Waals surface area contributed by atoms with Gasteiger partial charge in [-0.2, -0.15) is 5.10 Å². The number of halogens is 1. The van der Waals surface area contributed by atoms with Gasteiger partial charge >= 0.3 is 0 Å². The van der Waals surface area contributed by atoms with E-state index in [0.717, 1.165) is 36.5 Å². The van der Waals surface area contributed by atoms with Crippen LogP contribution < -0.4 is 5.32 Å². The summed E-state index contributed by atoms with van der Waals surface area (Å²) in [4.78, 5) is 12.7. The van der Waals surface area contributed by atoms with Crippen molar-refractivity contribution in [3.8, 4) is 5.69 Å². The van der Waals surface area contributed by atoms with E-state index in [1.807, 2.05) is 42.8 Å². The van der Waals surface area contributed by atoms with Gasteiger partial charge in [0.05, 0.1) is 28.7 Å². The monoisotopic (exact) mass is 347 g/mol. The first-order valence-corrected chi connectivity index (χ1v) is 8.72. The number of carbonyl (C=O) groups excluding carboxylic acids is 1. The van der Waals surface area contributed by atoms with Crippen molar-refractivity contribution >= 4 is 17.5 Å². The van der Waals surface area contributed by atoms with Gasteiger partial charge in [-0.1, -0.05) is 24.6 Å². The molecule has 1 saturated heterocycles. The van der Waals surface area contributed by atoms with Crippen LogP contribution in [-0.4, -0.2) is 34.9 Å². The molecule has 2 heterocycles. The molecular formula is C18H22ClN3O2. The number of nitrogens with one attached hydrogen (secondary N) is 1. The molecule has 1 aliphatic heterocycles. The van der Waals surface area contributed by atoms with Crippen LogP contribution >= 0.6 is 11.6 Å². The van der Waals surface area contributed by atoms with Gasteiger partial charge < -0.3 is 10.1 Å². The quantitative estimate of drug-likeness (QED) is 0.902. The van der Waals surface area contributed by atoms with Crippen LogP contribution in [0.1, 0.15) is 41.5 Å². The van der Waals surface area contributed by atoms with E-state index < -0.39 is 0 Å². The van der Waals surface area contributed by atoms with Crippen LogP contribution in [0.2, 0.25) is 5.02 Å². The molecule has 6 heteroatoms. The molecule has 0 saturated carbocycles. The van der Waals surface area contributed by atoms with Crippen molar-refractivity contribution in [2.45, 2.75) is 39.2 Å². The molecule has 1 aliphatic rings. The molecule has 1 aromatic carbocycles. The Morgan fingerprint density at radius 1 is 1.50 bits per heavy atom. The van der Waals surface area contributed by atoms with Gasteiger partial charge in [-0.3, -0.25) is 4.79 Å². The average molecular weight is 348 g/mol. The fraction of sp³-hybridized carbons (Fsp3) is 0.444. The summed E-state index contributed by atoms with van der Waals surface area (Å²) in [5, 5.41) is 8.19. The molecule has 2 aromatic rings. The second-order valence-electron chi connectivity index (χ2n) is 6.00. The number of benzene rings is 1. The van der Waals surface area contributed by atoms with Gasteiger partial charge in [-0.25, -0.2) is 4.68 Å². The van der Waals surface area contributed by atoms with Gasteiger partial charge in [0, 0.05) is 18.2 Å². The highest BCUT2D eigenvalue weighted by atomic mass is 35.5. The summed E-state index contributed by atoms with van der Waals surface area (Å²) in [5.74, 6) is -0.0897. The molecule has 128 valence electrons. The molecule has 1 amide bonds. The van der Waals surface area contributed by atoms with E-state index in [1.165, 1.54) is 0 Å². The Bertz CT molecular complexity index is 736. The number of aromatic nitrogens is 2. The fourth-order valence-corrected chi connectivity index (χ4v) is 3.30. The summed E-state index contributed by atoms with van der Waals surface area (Å²) in [5.41, 5.74) is 3.12. The molecule has 0 spiro atoms. The minimum Gasteiger partial charge on any atom is -0.376 e. The molecule has 5 nitrogen and oxygen atoms in total. The number of rotatable bonds is 5. The number of amides is 1. The van der Waals surface area contributed by atoms with Crippen molar-refractivity contribution in [3.05, 3.63) is 46.2 Å². The molecule has 1 atom stereocenters. The molecule has 0 radical (unpaired) electrons. The van der Waals surface area contributed by atoms with Crippen molar-refractivity contribution in [2.24, 2.45) is 0 Å². The van der Waals surface area contributed by atoms with Crippen LogP contribution in [0.15, 0.2) is 24.3 Å². The third kappa shape index (κ3) is 3.47. The summed E-state index contributed by atoms with van der Waals surface area (Å²) < 4.78 is 7.37. The normalized spacial score (nSPS) is 17.2. The number of hydrogen-bond donors (Lipinski definition) is 1. The van der Waals surface area contributed by atoms with E-state index in [4.69, 9.17) is 16.3 Å². The lowest BCUT2D eigenvalue weighted by Gasteiger charge is -2.12. The molecular weight excluding hydrogens is 326 g/mol.